The van der Waals surface area contributed by atoms with Crippen molar-refractivity contribution in [2.24, 2.45) is 11.7 Å². The number of rotatable bonds is 7. The molecular formula is C15H24BrNO. The van der Waals surface area contributed by atoms with Gasteiger partial charge in [0.05, 0.1) is 11.1 Å². The minimum absolute atomic E-state index is 0.115. The second-order valence-corrected chi connectivity index (χ2v) is 5.97. The Labute approximate surface area is 119 Å². The Morgan fingerprint density at radius 2 is 2.00 bits per heavy atom. The van der Waals surface area contributed by atoms with E-state index in [1.807, 2.05) is 6.07 Å². The summed E-state index contributed by atoms with van der Waals surface area (Å²) in [6.07, 6.45) is 3.20. The molecule has 1 rings (SSSR count). The van der Waals surface area contributed by atoms with Gasteiger partial charge in [-0.2, -0.15) is 0 Å². The highest BCUT2D eigenvalue weighted by molar-refractivity contribution is 9.10. The zero-order valence-corrected chi connectivity index (χ0v) is 13.2. The maximum Gasteiger partial charge on any atom is 0.133 e. The number of hydrogen-bond acceptors (Lipinski definition) is 2. The minimum atomic E-state index is 0.115. The summed E-state index contributed by atoms with van der Waals surface area (Å²) in [4.78, 5) is 0. The largest absolute Gasteiger partial charge is 0.492 e. The maximum absolute atomic E-state index is 6.20. The normalized spacial score (nSPS) is 12.8. The molecule has 0 bridgehead atoms. The second kappa shape index (κ2) is 7.80. The summed E-state index contributed by atoms with van der Waals surface area (Å²) in [5, 5.41) is 0. The average molecular weight is 314 g/mol. The Balaban J connectivity index is 2.65. The van der Waals surface area contributed by atoms with E-state index in [1.54, 1.807) is 0 Å². The molecule has 0 fully saturated rings. The minimum Gasteiger partial charge on any atom is -0.492 e. The topological polar surface area (TPSA) is 35.2 Å². The zero-order valence-electron chi connectivity index (χ0n) is 11.6. The predicted molar refractivity (Wildman–Crippen MR) is 80.9 cm³/mol. The Bertz CT molecular complexity index is 366. The van der Waals surface area contributed by atoms with Crippen molar-refractivity contribution in [3.8, 4) is 5.75 Å². The maximum atomic E-state index is 6.20. The first-order valence-corrected chi connectivity index (χ1v) is 7.51. The number of ether oxygens (including phenoxy) is 1. The number of nitrogens with two attached hydrogens (primary N) is 1. The molecule has 0 saturated heterocycles. The van der Waals surface area contributed by atoms with Gasteiger partial charge in [-0.25, -0.2) is 0 Å². The summed E-state index contributed by atoms with van der Waals surface area (Å²) < 4.78 is 6.63. The van der Waals surface area contributed by atoms with Crippen LogP contribution in [0.1, 0.15) is 51.6 Å². The fourth-order valence-electron chi connectivity index (χ4n) is 1.76. The van der Waals surface area contributed by atoms with Crippen LogP contribution in [0.15, 0.2) is 22.7 Å². The predicted octanol–water partition coefficient (Wildman–Crippen LogP) is 4.67. The zero-order chi connectivity index (χ0) is 13.5. The van der Waals surface area contributed by atoms with E-state index >= 15 is 0 Å². The molecule has 18 heavy (non-hydrogen) atoms. The lowest BCUT2D eigenvalue weighted by atomic mass is 9.98. The molecular weight excluding hydrogens is 290 g/mol. The molecule has 0 heterocycles. The summed E-state index contributed by atoms with van der Waals surface area (Å²) in [6.45, 7) is 7.30. The number of halogens is 1. The van der Waals surface area contributed by atoms with Gasteiger partial charge in [0.2, 0.25) is 0 Å². The van der Waals surface area contributed by atoms with Gasteiger partial charge in [-0.05, 0) is 58.8 Å². The van der Waals surface area contributed by atoms with Crippen LogP contribution in [0.2, 0.25) is 0 Å². The van der Waals surface area contributed by atoms with Gasteiger partial charge in [-0.15, -0.1) is 0 Å². The summed E-state index contributed by atoms with van der Waals surface area (Å²) in [6, 6.07) is 6.27. The van der Waals surface area contributed by atoms with Crippen LogP contribution in [0, 0.1) is 5.92 Å². The standard InChI is InChI=1S/C15H24BrNO/c1-4-9-18-15-8-6-12(10-13(15)16)14(17)7-5-11(2)3/h6,8,10-11,14H,4-5,7,9,17H2,1-3H3. The van der Waals surface area contributed by atoms with Crippen molar-refractivity contribution in [3.63, 3.8) is 0 Å². The van der Waals surface area contributed by atoms with Crippen molar-refractivity contribution in [1.82, 2.24) is 0 Å². The molecule has 0 amide bonds. The van der Waals surface area contributed by atoms with Crippen LogP contribution in [-0.4, -0.2) is 6.61 Å². The first-order chi connectivity index (χ1) is 8.54. The molecule has 102 valence electrons. The summed E-state index contributed by atoms with van der Waals surface area (Å²) in [5.41, 5.74) is 7.37. The Morgan fingerprint density at radius 1 is 1.28 bits per heavy atom. The van der Waals surface area contributed by atoms with E-state index in [1.165, 1.54) is 5.56 Å². The molecule has 0 aliphatic rings. The summed E-state index contributed by atoms with van der Waals surface area (Å²) in [5.74, 6) is 1.60. The highest BCUT2D eigenvalue weighted by Gasteiger charge is 2.10. The van der Waals surface area contributed by atoms with Crippen molar-refractivity contribution >= 4 is 15.9 Å². The molecule has 0 aliphatic heterocycles. The van der Waals surface area contributed by atoms with E-state index < -0.39 is 0 Å². The first-order valence-electron chi connectivity index (χ1n) is 6.72. The number of hydrogen-bond donors (Lipinski definition) is 1. The van der Waals surface area contributed by atoms with Crippen LogP contribution in [0.4, 0.5) is 0 Å². The van der Waals surface area contributed by atoms with E-state index in [0.29, 0.717) is 5.92 Å². The third-order valence-corrected chi connectivity index (χ3v) is 3.52. The molecule has 0 aromatic heterocycles. The van der Waals surface area contributed by atoms with E-state index in [2.05, 4.69) is 48.8 Å². The summed E-state index contributed by atoms with van der Waals surface area (Å²) in [7, 11) is 0. The fraction of sp³-hybridized carbons (Fsp3) is 0.600. The molecule has 1 unspecified atom stereocenters. The highest BCUT2D eigenvalue weighted by Crippen LogP contribution is 2.29. The van der Waals surface area contributed by atoms with Gasteiger partial charge in [-0.1, -0.05) is 26.8 Å². The van der Waals surface area contributed by atoms with Crippen molar-refractivity contribution in [2.75, 3.05) is 6.61 Å². The highest BCUT2D eigenvalue weighted by atomic mass is 79.9. The summed E-state index contributed by atoms with van der Waals surface area (Å²) >= 11 is 3.55. The SMILES string of the molecule is CCCOc1ccc(C(N)CCC(C)C)cc1Br. The van der Waals surface area contributed by atoms with Gasteiger partial charge in [-0.3, -0.25) is 0 Å². The van der Waals surface area contributed by atoms with Gasteiger partial charge in [0.15, 0.2) is 0 Å². The van der Waals surface area contributed by atoms with Crippen LogP contribution in [0.3, 0.4) is 0 Å². The molecule has 2 N–H and O–H groups in total. The Kier molecular flexibility index (Phi) is 6.72. The molecule has 2 nitrogen and oxygen atoms in total. The van der Waals surface area contributed by atoms with Crippen molar-refractivity contribution in [1.29, 1.82) is 0 Å². The third-order valence-electron chi connectivity index (χ3n) is 2.90. The first kappa shape index (κ1) is 15.5. The average Bonchev–Trinajstić information content (AvgIpc) is 2.34. The van der Waals surface area contributed by atoms with E-state index in [4.69, 9.17) is 10.5 Å². The molecule has 0 radical (unpaired) electrons. The van der Waals surface area contributed by atoms with E-state index in [0.717, 1.165) is 36.1 Å². The van der Waals surface area contributed by atoms with Gasteiger partial charge in [0, 0.05) is 6.04 Å². The second-order valence-electron chi connectivity index (χ2n) is 5.12. The van der Waals surface area contributed by atoms with Crippen molar-refractivity contribution in [2.45, 2.75) is 46.1 Å². The van der Waals surface area contributed by atoms with Gasteiger partial charge in [0.25, 0.3) is 0 Å². The van der Waals surface area contributed by atoms with Crippen LogP contribution in [0.25, 0.3) is 0 Å². The molecule has 0 aliphatic carbocycles. The lowest BCUT2D eigenvalue weighted by molar-refractivity contribution is 0.315. The van der Waals surface area contributed by atoms with Crippen LogP contribution in [-0.2, 0) is 0 Å². The van der Waals surface area contributed by atoms with E-state index in [9.17, 15) is 0 Å². The van der Waals surface area contributed by atoms with Crippen LogP contribution >= 0.6 is 15.9 Å². The molecule has 1 aromatic carbocycles. The quantitative estimate of drug-likeness (QED) is 0.793. The van der Waals surface area contributed by atoms with E-state index in [-0.39, 0.29) is 6.04 Å². The molecule has 0 saturated carbocycles. The van der Waals surface area contributed by atoms with Gasteiger partial charge >= 0.3 is 0 Å². The van der Waals surface area contributed by atoms with Gasteiger partial charge < -0.3 is 10.5 Å². The molecule has 0 spiro atoms. The monoisotopic (exact) mass is 313 g/mol. The Hall–Kier alpha value is -0.540. The molecule has 3 heteroatoms. The molecule has 1 atom stereocenters. The Morgan fingerprint density at radius 3 is 2.56 bits per heavy atom. The number of benzene rings is 1. The third kappa shape index (κ3) is 4.99. The fourth-order valence-corrected chi connectivity index (χ4v) is 2.27. The van der Waals surface area contributed by atoms with Crippen LogP contribution in [0.5, 0.6) is 5.75 Å². The van der Waals surface area contributed by atoms with Gasteiger partial charge in [0.1, 0.15) is 5.75 Å². The molecule has 1 aromatic rings. The van der Waals surface area contributed by atoms with Crippen molar-refractivity contribution in [3.05, 3.63) is 28.2 Å². The van der Waals surface area contributed by atoms with Crippen LogP contribution < -0.4 is 10.5 Å². The smallest absolute Gasteiger partial charge is 0.133 e. The lowest BCUT2D eigenvalue weighted by Crippen LogP contribution is -2.11. The van der Waals surface area contributed by atoms with Crippen molar-refractivity contribution < 1.29 is 4.74 Å². The lowest BCUT2D eigenvalue weighted by Gasteiger charge is -2.15.